The number of hydrogen-bond acceptors (Lipinski definition) is 1. The Balaban J connectivity index is 1.89. The number of hydrogen-bond donors (Lipinski definition) is 1. The monoisotopic (exact) mass is 268 g/mol. The van der Waals surface area contributed by atoms with Crippen molar-refractivity contribution < 1.29 is 9.90 Å². The molecule has 0 radical (unpaired) electrons. The van der Waals surface area contributed by atoms with Crippen LogP contribution in [0.25, 0.3) is 0 Å². The molecule has 0 aliphatic heterocycles. The van der Waals surface area contributed by atoms with E-state index in [0.717, 1.165) is 18.3 Å². The van der Waals surface area contributed by atoms with E-state index >= 15 is 0 Å². The lowest BCUT2D eigenvalue weighted by Gasteiger charge is -2.14. The van der Waals surface area contributed by atoms with E-state index in [0.29, 0.717) is 6.42 Å². The Labute approximate surface area is 119 Å². The fraction of sp³-hybridized carbons (Fsp3) is 0.941. The highest BCUT2D eigenvalue weighted by molar-refractivity contribution is 5.66. The molecule has 1 aliphatic rings. The summed E-state index contributed by atoms with van der Waals surface area (Å²) in [5.74, 6) is -0.649. The van der Waals surface area contributed by atoms with Crippen LogP contribution in [-0.4, -0.2) is 11.1 Å². The minimum atomic E-state index is -0.649. The molecule has 1 fully saturated rings. The van der Waals surface area contributed by atoms with Crippen LogP contribution < -0.4 is 0 Å². The van der Waals surface area contributed by atoms with Crippen LogP contribution in [-0.2, 0) is 4.79 Å². The molecule has 0 atom stereocenters. The molecule has 112 valence electrons. The Bertz CT molecular complexity index is 244. The molecule has 0 aromatic carbocycles. The zero-order valence-corrected chi connectivity index (χ0v) is 12.8. The second-order valence-electron chi connectivity index (χ2n) is 6.47. The maximum absolute atomic E-state index is 10.4. The van der Waals surface area contributed by atoms with E-state index in [1.807, 2.05) is 0 Å². The number of carboxylic acid groups (broad SMARTS) is 1. The average molecular weight is 268 g/mol. The van der Waals surface area contributed by atoms with Gasteiger partial charge in [-0.05, 0) is 37.5 Å². The standard InChI is InChI=1S/C17H32O2/c1-2-3-4-9-12-17(14-15-17)13-10-7-5-6-8-11-16(18)19/h2-15H2,1H3,(H,18,19). The molecular weight excluding hydrogens is 236 g/mol. The molecule has 1 aliphatic carbocycles. The number of unbranched alkanes of at least 4 members (excludes halogenated alkanes) is 7. The molecule has 1 N–H and O–H groups in total. The lowest BCUT2D eigenvalue weighted by molar-refractivity contribution is -0.137. The van der Waals surface area contributed by atoms with Gasteiger partial charge in [0.1, 0.15) is 0 Å². The first-order valence-corrected chi connectivity index (χ1v) is 8.40. The van der Waals surface area contributed by atoms with Gasteiger partial charge in [0, 0.05) is 6.42 Å². The second kappa shape index (κ2) is 9.39. The third-order valence-corrected chi connectivity index (χ3v) is 4.62. The Kier molecular flexibility index (Phi) is 8.16. The van der Waals surface area contributed by atoms with Crippen LogP contribution in [0.5, 0.6) is 0 Å². The van der Waals surface area contributed by atoms with E-state index in [-0.39, 0.29) is 0 Å². The predicted molar refractivity (Wildman–Crippen MR) is 80.4 cm³/mol. The average Bonchev–Trinajstić information content (AvgIpc) is 3.14. The van der Waals surface area contributed by atoms with Gasteiger partial charge in [0.05, 0.1) is 0 Å². The molecule has 0 heterocycles. The second-order valence-corrected chi connectivity index (χ2v) is 6.47. The molecule has 2 heteroatoms. The van der Waals surface area contributed by atoms with Crippen LogP contribution in [0, 0.1) is 5.41 Å². The van der Waals surface area contributed by atoms with Crippen molar-refractivity contribution in [2.24, 2.45) is 5.41 Å². The maximum atomic E-state index is 10.4. The van der Waals surface area contributed by atoms with Crippen molar-refractivity contribution >= 4 is 5.97 Å². The van der Waals surface area contributed by atoms with Gasteiger partial charge in [-0.25, -0.2) is 0 Å². The maximum Gasteiger partial charge on any atom is 0.303 e. The van der Waals surface area contributed by atoms with Gasteiger partial charge < -0.3 is 5.11 Å². The van der Waals surface area contributed by atoms with Crippen molar-refractivity contribution in [3.05, 3.63) is 0 Å². The Morgan fingerprint density at radius 3 is 1.95 bits per heavy atom. The van der Waals surface area contributed by atoms with E-state index in [1.54, 1.807) is 0 Å². The van der Waals surface area contributed by atoms with Crippen molar-refractivity contribution in [2.75, 3.05) is 0 Å². The summed E-state index contributed by atoms with van der Waals surface area (Å²) in [5, 5.41) is 8.55. The smallest absolute Gasteiger partial charge is 0.303 e. The topological polar surface area (TPSA) is 37.3 Å². The third kappa shape index (κ3) is 8.28. The largest absolute Gasteiger partial charge is 0.481 e. The summed E-state index contributed by atoms with van der Waals surface area (Å²) in [6.45, 7) is 2.28. The first kappa shape index (κ1) is 16.5. The van der Waals surface area contributed by atoms with E-state index in [9.17, 15) is 4.79 Å². The lowest BCUT2D eigenvalue weighted by atomic mass is 9.91. The van der Waals surface area contributed by atoms with Gasteiger partial charge >= 0.3 is 5.97 Å². The summed E-state index contributed by atoms with van der Waals surface area (Å²) in [4.78, 5) is 10.4. The molecule has 1 rings (SSSR count). The normalized spacial score (nSPS) is 16.5. The van der Waals surface area contributed by atoms with Gasteiger partial charge in [-0.3, -0.25) is 4.79 Å². The highest BCUT2D eigenvalue weighted by Crippen LogP contribution is 2.53. The van der Waals surface area contributed by atoms with Gasteiger partial charge in [-0.1, -0.05) is 58.3 Å². The minimum absolute atomic E-state index is 0.349. The molecule has 0 aromatic rings. The molecule has 19 heavy (non-hydrogen) atoms. The summed E-state index contributed by atoms with van der Waals surface area (Å²) in [6.07, 6.45) is 17.6. The van der Waals surface area contributed by atoms with Crippen LogP contribution in [0.2, 0.25) is 0 Å². The fourth-order valence-corrected chi connectivity index (χ4v) is 3.04. The fourth-order valence-electron chi connectivity index (χ4n) is 3.04. The van der Waals surface area contributed by atoms with Crippen LogP contribution in [0.15, 0.2) is 0 Å². The summed E-state index contributed by atoms with van der Waals surface area (Å²) in [5.41, 5.74) is 0.745. The molecule has 0 unspecified atom stereocenters. The Hall–Kier alpha value is -0.530. The summed E-state index contributed by atoms with van der Waals surface area (Å²) in [7, 11) is 0. The van der Waals surface area contributed by atoms with E-state index in [2.05, 4.69) is 6.92 Å². The first-order chi connectivity index (χ1) is 9.18. The number of aliphatic carboxylic acids is 1. The minimum Gasteiger partial charge on any atom is -0.481 e. The SMILES string of the molecule is CCCCCCC1(CCCCCCCC(=O)O)CC1. The first-order valence-electron chi connectivity index (χ1n) is 8.40. The Morgan fingerprint density at radius 1 is 0.895 bits per heavy atom. The van der Waals surface area contributed by atoms with Gasteiger partial charge in [0.25, 0.3) is 0 Å². The lowest BCUT2D eigenvalue weighted by Crippen LogP contribution is -2.00. The highest BCUT2D eigenvalue weighted by Gasteiger charge is 2.40. The third-order valence-electron chi connectivity index (χ3n) is 4.62. The van der Waals surface area contributed by atoms with Gasteiger partial charge in [-0.15, -0.1) is 0 Å². The molecule has 0 amide bonds. The van der Waals surface area contributed by atoms with E-state index in [1.165, 1.54) is 70.6 Å². The number of carbonyl (C=O) groups is 1. The summed E-state index contributed by atoms with van der Waals surface area (Å²) < 4.78 is 0. The van der Waals surface area contributed by atoms with Crippen molar-refractivity contribution in [3.63, 3.8) is 0 Å². The van der Waals surface area contributed by atoms with Crippen LogP contribution in [0.1, 0.15) is 96.8 Å². The molecule has 0 spiro atoms. The number of carboxylic acids is 1. The zero-order valence-electron chi connectivity index (χ0n) is 12.8. The van der Waals surface area contributed by atoms with Gasteiger partial charge in [-0.2, -0.15) is 0 Å². The van der Waals surface area contributed by atoms with Crippen LogP contribution >= 0.6 is 0 Å². The quantitative estimate of drug-likeness (QED) is 0.444. The van der Waals surface area contributed by atoms with E-state index in [4.69, 9.17) is 5.11 Å². The van der Waals surface area contributed by atoms with E-state index < -0.39 is 5.97 Å². The van der Waals surface area contributed by atoms with Crippen LogP contribution in [0.4, 0.5) is 0 Å². The molecule has 0 saturated heterocycles. The van der Waals surface area contributed by atoms with Crippen LogP contribution in [0.3, 0.4) is 0 Å². The van der Waals surface area contributed by atoms with Crippen molar-refractivity contribution in [1.29, 1.82) is 0 Å². The molecule has 1 saturated carbocycles. The summed E-state index contributed by atoms with van der Waals surface area (Å²) in [6, 6.07) is 0. The van der Waals surface area contributed by atoms with Gasteiger partial charge in [0.15, 0.2) is 0 Å². The molecule has 2 nitrogen and oxygen atoms in total. The molecular formula is C17H32O2. The molecule has 0 aromatic heterocycles. The van der Waals surface area contributed by atoms with Crippen molar-refractivity contribution in [1.82, 2.24) is 0 Å². The highest BCUT2D eigenvalue weighted by atomic mass is 16.4. The predicted octanol–water partition coefficient (Wildman–Crippen LogP) is 5.55. The molecule has 0 bridgehead atoms. The number of rotatable bonds is 13. The van der Waals surface area contributed by atoms with Crippen molar-refractivity contribution in [2.45, 2.75) is 96.8 Å². The summed E-state index contributed by atoms with van der Waals surface area (Å²) >= 11 is 0. The zero-order chi connectivity index (χ0) is 14.0. The van der Waals surface area contributed by atoms with Crippen molar-refractivity contribution in [3.8, 4) is 0 Å². The Morgan fingerprint density at radius 2 is 1.42 bits per heavy atom. The van der Waals surface area contributed by atoms with Gasteiger partial charge in [0.2, 0.25) is 0 Å².